The van der Waals surface area contributed by atoms with Crippen molar-refractivity contribution in [1.29, 1.82) is 0 Å². The van der Waals surface area contributed by atoms with Gasteiger partial charge in [-0.3, -0.25) is 4.79 Å². The molecule has 2 rings (SSSR count). The molecule has 5 nitrogen and oxygen atoms in total. The molecule has 1 aromatic carbocycles. The minimum absolute atomic E-state index is 0.0546. The lowest BCUT2D eigenvalue weighted by molar-refractivity contribution is -0.136. The van der Waals surface area contributed by atoms with Crippen molar-refractivity contribution in [1.82, 2.24) is 10.6 Å². The molecule has 3 N–H and O–H groups in total. The van der Waals surface area contributed by atoms with Gasteiger partial charge in [-0.25, -0.2) is 4.79 Å². The molecule has 102 valence electrons. The van der Waals surface area contributed by atoms with Gasteiger partial charge in [-0.2, -0.15) is 0 Å². The van der Waals surface area contributed by atoms with Gasteiger partial charge < -0.3 is 15.7 Å². The molecule has 0 radical (unpaired) electrons. The maximum Gasteiger partial charge on any atom is 0.315 e. The van der Waals surface area contributed by atoms with Crippen molar-refractivity contribution in [2.75, 3.05) is 6.54 Å². The summed E-state index contributed by atoms with van der Waals surface area (Å²) in [6, 6.07) is 8.09. The molecule has 2 amide bonds. The van der Waals surface area contributed by atoms with Gasteiger partial charge in [0.15, 0.2) is 0 Å². The fourth-order valence-electron chi connectivity index (χ4n) is 2.34. The predicted octanol–water partition coefficient (Wildman–Crippen LogP) is 1.32. The van der Waals surface area contributed by atoms with Crippen LogP contribution in [0.4, 0.5) is 4.79 Å². The number of aryl methyl sites for hydroxylation is 1. The first-order valence-corrected chi connectivity index (χ1v) is 6.48. The Balaban J connectivity index is 1.79. The first kappa shape index (κ1) is 13.4. The van der Waals surface area contributed by atoms with Crippen molar-refractivity contribution >= 4 is 12.0 Å². The Bertz CT molecular complexity index is 474. The van der Waals surface area contributed by atoms with E-state index in [0.717, 1.165) is 19.3 Å². The molecule has 0 bridgehead atoms. The number of carboxylic acid groups (broad SMARTS) is 1. The third-order valence-electron chi connectivity index (χ3n) is 3.31. The first-order valence-electron chi connectivity index (χ1n) is 6.48. The predicted molar refractivity (Wildman–Crippen MR) is 71.0 cm³/mol. The quantitative estimate of drug-likeness (QED) is 0.765. The second-order valence-electron chi connectivity index (χ2n) is 4.75. The number of aliphatic carboxylic acids is 1. The smallest absolute Gasteiger partial charge is 0.315 e. The van der Waals surface area contributed by atoms with Gasteiger partial charge in [-0.1, -0.05) is 24.3 Å². The summed E-state index contributed by atoms with van der Waals surface area (Å²) in [5.74, 6) is -0.910. The lowest BCUT2D eigenvalue weighted by Crippen LogP contribution is -2.45. The average Bonchev–Trinajstić information content (AvgIpc) is 2.38. The third-order valence-corrected chi connectivity index (χ3v) is 3.31. The Kier molecular flexibility index (Phi) is 4.39. The minimum Gasteiger partial charge on any atom is -0.481 e. The van der Waals surface area contributed by atoms with E-state index in [-0.39, 0.29) is 25.0 Å². The van der Waals surface area contributed by atoms with Gasteiger partial charge in [0, 0.05) is 12.6 Å². The van der Waals surface area contributed by atoms with Crippen molar-refractivity contribution in [3.63, 3.8) is 0 Å². The Hall–Kier alpha value is -2.04. The van der Waals surface area contributed by atoms with Crippen molar-refractivity contribution < 1.29 is 14.7 Å². The van der Waals surface area contributed by atoms with Crippen LogP contribution in [0, 0.1) is 0 Å². The molecule has 0 aliphatic heterocycles. The standard InChI is InChI=1S/C14H18N2O3/c17-13(18)7-8-15-14(19)16-12-6-5-10-3-1-2-4-11(10)9-12/h1-4,12H,5-9H2,(H,17,18)(H2,15,16,19). The van der Waals surface area contributed by atoms with Crippen molar-refractivity contribution in [2.24, 2.45) is 0 Å². The lowest BCUT2D eigenvalue weighted by Gasteiger charge is -2.25. The number of rotatable bonds is 4. The van der Waals surface area contributed by atoms with E-state index in [1.54, 1.807) is 0 Å². The largest absolute Gasteiger partial charge is 0.481 e. The van der Waals surface area contributed by atoms with Crippen molar-refractivity contribution in [2.45, 2.75) is 31.7 Å². The number of hydrogen-bond donors (Lipinski definition) is 3. The summed E-state index contributed by atoms with van der Waals surface area (Å²) in [6.07, 6.45) is 2.67. The van der Waals surface area contributed by atoms with E-state index in [2.05, 4.69) is 22.8 Å². The summed E-state index contributed by atoms with van der Waals surface area (Å²) in [5, 5.41) is 13.9. The summed E-state index contributed by atoms with van der Waals surface area (Å²) in [7, 11) is 0. The molecule has 1 atom stereocenters. The minimum atomic E-state index is -0.910. The fraction of sp³-hybridized carbons (Fsp3) is 0.429. The van der Waals surface area contributed by atoms with Crippen LogP contribution in [0.25, 0.3) is 0 Å². The van der Waals surface area contributed by atoms with E-state index < -0.39 is 5.97 Å². The van der Waals surface area contributed by atoms with Gasteiger partial charge in [0.1, 0.15) is 0 Å². The van der Waals surface area contributed by atoms with Crippen molar-refractivity contribution in [3.05, 3.63) is 35.4 Å². The number of amides is 2. The molecule has 0 aromatic heterocycles. The average molecular weight is 262 g/mol. The molecule has 1 aliphatic carbocycles. The van der Waals surface area contributed by atoms with Gasteiger partial charge in [-0.05, 0) is 30.4 Å². The highest BCUT2D eigenvalue weighted by atomic mass is 16.4. The molecule has 19 heavy (non-hydrogen) atoms. The van der Waals surface area contributed by atoms with E-state index in [0.29, 0.717) is 0 Å². The van der Waals surface area contributed by atoms with Crippen LogP contribution in [0.15, 0.2) is 24.3 Å². The van der Waals surface area contributed by atoms with Gasteiger partial charge in [0.05, 0.1) is 6.42 Å². The van der Waals surface area contributed by atoms with E-state index in [9.17, 15) is 9.59 Å². The molecule has 0 saturated carbocycles. The third kappa shape index (κ3) is 3.98. The Morgan fingerprint density at radius 1 is 1.26 bits per heavy atom. The van der Waals surface area contributed by atoms with E-state index in [1.807, 2.05) is 12.1 Å². The normalized spacial score (nSPS) is 17.4. The molecule has 0 heterocycles. The van der Waals surface area contributed by atoms with Crippen LogP contribution in [-0.2, 0) is 17.6 Å². The van der Waals surface area contributed by atoms with E-state index in [4.69, 9.17) is 5.11 Å². The van der Waals surface area contributed by atoms with Crippen LogP contribution in [0.3, 0.4) is 0 Å². The number of benzene rings is 1. The zero-order valence-electron chi connectivity index (χ0n) is 10.7. The molecular formula is C14H18N2O3. The zero-order valence-corrected chi connectivity index (χ0v) is 10.7. The number of carbonyl (C=O) groups excluding carboxylic acids is 1. The number of nitrogens with one attached hydrogen (secondary N) is 2. The molecule has 0 spiro atoms. The van der Waals surface area contributed by atoms with E-state index >= 15 is 0 Å². The van der Waals surface area contributed by atoms with Crippen LogP contribution in [0.5, 0.6) is 0 Å². The highest BCUT2D eigenvalue weighted by Gasteiger charge is 2.19. The monoisotopic (exact) mass is 262 g/mol. The Labute approximate surface area is 112 Å². The SMILES string of the molecule is O=C(O)CCNC(=O)NC1CCc2ccccc2C1. The van der Waals surface area contributed by atoms with Crippen LogP contribution in [0.1, 0.15) is 24.0 Å². The number of carboxylic acids is 1. The summed E-state index contributed by atoms with van der Waals surface area (Å²) >= 11 is 0. The van der Waals surface area contributed by atoms with E-state index in [1.165, 1.54) is 11.1 Å². The Morgan fingerprint density at radius 2 is 2.00 bits per heavy atom. The topological polar surface area (TPSA) is 78.4 Å². The highest BCUT2D eigenvalue weighted by Crippen LogP contribution is 2.20. The van der Waals surface area contributed by atoms with Crippen LogP contribution < -0.4 is 10.6 Å². The Morgan fingerprint density at radius 3 is 2.74 bits per heavy atom. The number of carbonyl (C=O) groups is 2. The second kappa shape index (κ2) is 6.22. The highest BCUT2D eigenvalue weighted by molar-refractivity contribution is 5.75. The molecule has 5 heteroatoms. The summed E-state index contributed by atoms with van der Waals surface area (Å²) < 4.78 is 0. The number of urea groups is 1. The summed E-state index contributed by atoms with van der Waals surface area (Å²) in [5.41, 5.74) is 2.64. The molecule has 1 aliphatic rings. The maximum atomic E-state index is 11.6. The van der Waals surface area contributed by atoms with Crippen molar-refractivity contribution in [3.8, 4) is 0 Å². The summed E-state index contributed by atoms with van der Waals surface area (Å²) in [4.78, 5) is 21.9. The van der Waals surface area contributed by atoms with Crippen LogP contribution in [-0.4, -0.2) is 29.7 Å². The van der Waals surface area contributed by atoms with Gasteiger partial charge in [0.25, 0.3) is 0 Å². The number of fused-ring (bicyclic) bond motifs is 1. The number of hydrogen-bond acceptors (Lipinski definition) is 2. The lowest BCUT2D eigenvalue weighted by atomic mass is 9.88. The molecule has 1 aromatic rings. The molecule has 0 fully saturated rings. The van der Waals surface area contributed by atoms with Crippen LogP contribution >= 0.6 is 0 Å². The fourth-order valence-corrected chi connectivity index (χ4v) is 2.34. The molecule has 1 unspecified atom stereocenters. The molecular weight excluding hydrogens is 244 g/mol. The first-order chi connectivity index (χ1) is 9.15. The summed E-state index contributed by atoms with van der Waals surface area (Å²) in [6.45, 7) is 0.157. The maximum absolute atomic E-state index is 11.6. The zero-order chi connectivity index (χ0) is 13.7. The molecule has 0 saturated heterocycles. The van der Waals surface area contributed by atoms with Gasteiger partial charge in [-0.15, -0.1) is 0 Å². The second-order valence-corrected chi connectivity index (χ2v) is 4.75. The van der Waals surface area contributed by atoms with Crippen LogP contribution in [0.2, 0.25) is 0 Å². The van der Waals surface area contributed by atoms with Gasteiger partial charge >= 0.3 is 12.0 Å². The van der Waals surface area contributed by atoms with Gasteiger partial charge in [0.2, 0.25) is 0 Å².